The molecule has 0 aliphatic rings. The zero-order chi connectivity index (χ0) is 8.81. The molecule has 0 spiro atoms. The molecular weight excluding hydrogens is 166 g/mol. The van der Waals surface area contributed by atoms with Gasteiger partial charge in [-0.3, -0.25) is 0 Å². The lowest BCUT2D eigenvalue weighted by molar-refractivity contribution is 0.510. The van der Waals surface area contributed by atoms with E-state index >= 15 is 0 Å². The number of rotatable bonds is 5. The van der Waals surface area contributed by atoms with Gasteiger partial charge in [0, 0.05) is 10.9 Å². The Kier molecular flexibility index (Phi) is 4.33. The van der Waals surface area contributed by atoms with Gasteiger partial charge in [-0.15, -0.1) is 11.3 Å². The summed E-state index contributed by atoms with van der Waals surface area (Å²) in [5.74, 6) is 0. The largest absolute Gasteiger partial charge is 0.317 e. The van der Waals surface area contributed by atoms with Crippen LogP contribution in [0.25, 0.3) is 0 Å². The SMILES string of the molecule is CCC(CCc1cccs1)NC. The Balaban J connectivity index is 2.25. The van der Waals surface area contributed by atoms with E-state index < -0.39 is 0 Å². The lowest BCUT2D eigenvalue weighted by Gasteiger charge is -2.12. The number of nitrogens with one attached hydrogen (secondary N) is 1. The van der Waals surface area contributed by atoms with Gasteiger partial charge in [0.15, 0.2) is 0 Å². The third-order valence-electron chi connectivity index (χ3n) is 2.22. The minimum absolute atomic E-state index is 0.687. The van der Waals surface area contributed by atoms with Gasteiger partial charge < -0.3 is 5.32 Å². The highest BCUT2D eigenvalue weighted by Gasteiger charge is 2.02. The van der Waals surface area contributed by atoms with Crippen molar-refractivity contribution >= 4 is 11.3 Å². The maximum atomic E-state index is 3.32. The fraction of sp³-hybridized carbons (Fsp3) is 0.600. The Bertz CT molecular complexity index is 190. The van der Waals surface area contributed by atoms with Gasteiger partial charge in [-0.2, -0.15) is 0 Å². The first-order valence-corrected chi connectivity index (χ1v) is 5.44. The summed E-state index contributed by atoms with van der Waals surface area (Å²) < 4.78 is 0. The van der Waals surface area contributed by atoms with Crippen LogP contribution in [0.1, 0.15) is 24.6 Å². The van der Waals surface area contributed by atoms with Crippen LogP contribution in [0.3, 0.4) is 0 Å². The number of hydrogen-bond donors (Lipinski definition) is 1. The van der Waals surface area contributed by atoms with Gasteiger partial charge in [0.05, 0.1) is 0 Å². The molecule has 1 unspecified atom stereocenters. The molecule has 1 nitrogen and oxygen atoms in total. The van der Waals surface area contributed by atoms with E-state index in [4.69, 9.17) is 0 Å². The molecule has 1 atom stereocenters. The van der Waals surface area contributed by atoms with Crippen molar-refractivity contribution in [3.63, 3.8) is 0 Å². The van der Waals surface area contributed by atoms with Crippen molar-refractivity contribution in [2.45, 2.75) is 32.2 Å². The predicted molar refractivity (Wildman–Crippen MR) is 55.8 cm³/mol. The van der Waals surface area contributed by atoms with Crippen molar-refractivity contribution in [1.29, 1.82) is 0 Å². The van der Waals surface area contributed by atoms with Crippen molar-refractivity contribution < 1.29 is 0 Å². The molecule has 12 heavy (non-hydrogen) atoms. The lowest BCUT2D eigenvalue weighted by atomic mass is 10.1. The number of hydrogen-bond acceptors (Lipinski definition) is 2. The van der Waals surface area contributed by atoms with Crippen LogP contribution in [-0.4, -0.2) is 13.1 Å². The maximum Gasteiger partial charge on any atom is 0.00648 e. The van der Waals surface area contributed by atoms with Gasteiger partial charge in [0.1, 0.15) is 0 Å². The predicted octanol–water partition coefficient (Wildman–Crippen LogP) is 2.68. The molecule has 2 heteroatoms. The molecule has 0 bridgehead atoms. The Labute approximate surface area is 78.8 Å². The van der Waals surface area contributed by atoms with Crippen molar-refractivity contribution in [3.05, 3.63) is 22.4 Å². The van der Waals surface area contributed by atoms with Crippen molar-refractivity contribution in [3.8, 4) is 0 Å². The van der Waals surface area contributed by atoms with Crippen LogP contribution in [0.4, 0.5) is 0 Å². The van der Waals surface area contributed by atoms with E-state index in [9.17, 15) is 0 Å². The third kappa shape index (κ3) is 2.95. The van der Waals surface area contributed by atoms with E-state index in [0.29, 0.717) is 6.04 Å². The molecule has 0 aromatic carbocycles. The van der Waals surface area contributed by atoms with Gasteiger partial charge in [0.2, 0.25) is 0 Å². The summed E-state index contributed by atoms with van der Waals surface area (Å²) in [5.41, 5.74) is 0. The maximum absolute atomic E-state index is 3.32. The van der Waals surface area contributed by atoms with Crippen LogP contribution >= 0.6 is 11.3 Å². The second kappa shape index (κ2) is 5.33. The normalized spacial score (nSPS) is 13.2. The lowest BCUT2D eigenvalue weighted by Crippen LogP contribution is -2.24. The molecule has 1 N–H and O–H groups in total. The summed E-state index contributed by atoms with van der Waals surface area (Å²) in [5, 5.41) is 5.47. The van der Waals surface area contributed by atoms with Crippen molar-refractivity contribution in [2.75, 3.05) is 7.05 Å². The summed E-state index contributed by atoms with van der Waals surface area (Å²) in [6, 6.07) is 5.03. The Morgan fingerprint density at radius 3 is 2.92 bits per heavy atom. The molecule has 68 valence electrons. The van der Waals surface area contributed by atoms with Gasteiger partial charge in [-0.05, 0) is 37.8 Å². The monoisotopic (exact) mass is 183 g/mol. The second-order valence-corrected chi connectivity index (χ2v) is 4.04. The minimum atomic E-state index is 0.687. The van der Waals surface area contributed by atoms with Crippen LogP contribution in [0.5, 0.6) is 0 Å². The number of thiophene rings is 1. The topological polar surface area (TPSA) is 12.0 Å². The molecule has 0 radical (unpaired) electrons. The summed E-state index contributed by atoms with van der Waals surface area (Å²) in [4.78, 5) is 1.50. The average molecular weight is 183 g/mol. The Morgan fingerprint density at radius 2 is 2.42 bits per heavy atom. The first-order valence-electron chi connectivity index (χ1n) is 4.56. The molecule has 0 aliphatic carbocycles. The highest BCUT2D eigenvalue weighted by Crippen LogP contribution is 2.12. The second-order valence-electron chi connectivity index (χ2n) is 3.01. The molecular formula is C10H17NS. The Morgan fingerprint density at radius 1 is 1.58 bits per heavy atom. The Hall–Kier alpha value is -0.340. The van der Waals surface area contributed by atoms with Gasteiger partial charge >= 0.3 is 0 Å². The van der Waals surface area contributed by atoms with E-state index in [1.165, 1.54) is 24.1 Å². The molecule has 0 amide bonds. The standard InChI is InChI=1S/C10H17NS/c1-3-9(11-2)6-7-10-5-4-8-12-10/h4-5,8-9,11H,3,6-7H2,1-2H3. The molecule has 1 rings (SSSR count). The average Bonchev–Trinajstić information content (AvgIpc) is 2.59. The van der Waals surface area contributed by atoms with Gasteiger partial charge in [-0.25, -0.2) is 0 Å². The van der Waals surface area contributed by atoms with Gasteiger partial charge in [0.25, 0.3) is 0 Å². The minimum Gasteiger partial charge on any atom is -0.317 e. The van der Waals surface area contributed by atoms with Gasteiger partial charge in [-0.1, -0.05) is 13.0 Å². The zero-order valence-electron chi connectivity index (χ0n) is 7.84. The molecule has 0 saturated heterocycles. The molecule has 0 saturated carbocycles. The van der Waals surface area contributed by atoms with Crippen LogP contribution in [0.2, 0.25) is 0 Å². The van der Waals surface area contributed by atoms with Crippen LogP contribution in [0.15, 0.2) is 17.5 Å². The molecule has 1 aromatic rings. The fourth-order valence-electron chi connectivity index (χ4n) is 1.32. The summed E-state index contributed by atoms with van der Waals surface area (Å²) in [6.07, 6.45) is 3.70. The third-order valence-corrected chi connectivity index (χ3v) is 3.16. The fourth-order valence-corrected chi connectivity index (χ4v) is 2.05. The van der Waals surface area contributed by atoms with E-state index in [1.54, 1.807) is 0 Å². The van der Waals surface area contributed by atoms with Crippen LogP contribution < -0.4 is 5.32 Å². The highest BCUT2D eigenvalue weighted by atomic mass is 32.1. The van der Waals surface area contributed by atoms with E-state index in [1.807, 2.05) is 18.4 Å². The van der Waals surface area contributed by atoms with E-state index in [2.05, 4.69) is 29.8 Å². The zero-order valence-corrected chi connectivity index (χ0v) is 8.66. The van der Waals surface area contributed by atoms with E-state index in [-0.39, 0.29) is 0 Å². The number of aryl methyl sites for hydroxylation is 1. The summed E-state index contributed by atoms with van der Waals surface area (Å²) in [7, 11) is 2.04. The summed E-state index contributed by atoms with van der Waals surface area (Å²) in [6.45, 7) is 2.23. The molecule has 1 aromatic heterocycles. The first kappa shape index (κ1) is 9.75. The quantitative estimate of drug-likeness (QED) is 0.740. The molecule has 1 heterocycles. The summed E-state index contributed by atoms with van der Waals surface area (Å²) >= 11 is 1.86. The molecule has 0 fully saturated rings. The van der Waals surface area contributed by atoms with E-state index in [0.717, 1.165) is 0 Å². The molecule has 0 aliphatic heterocycles. The van der Waals surface area contributed by atoms with Crippen molar-refractivity contribution in [1.82, 2.24) is 5.32 Å². The highest BCUT2D eigenvalue weighted by molar-refractivity contribution is 7.09. The first-order chi connectivity index (χ1) is 5.86. The van der Waals surface area contributed by atoms with Crippen molar-refractivity contribution in [2.24, 2.45) is 0 Å². The van der Waals surface area contributed by atoms with Crippen LogP contribution in [-0.2, 0) is 6.42 Å². The van der Waals surface area contributed by atoms with Crippen LogP contribution in [0, 0.1) is 0 Å². The smallest absolute Gasteiger partial charge is 0.00648 e.